The van der Waals surface area contributed by atoms with Gasteiger partial charge in [0.05, 0.1) is 0 Å². The summed E-state index contributed by atoms with van der Waals surface area (Å²) in [5.41, 5.74) is 1.32. The third-order valence-electron chi connectivity index (χ3n) is 1.31. The van der Waals surface area contributed by atoms with Gasteiger partial charge in [-0.05, 0) is 22.6 Å². The molecule has 2 rings (SSSR count). The second-order valence-corrected chi connectivity index (χ2v) is 5.61. The third kappa shape index (κ3) is 1.87. The van der Waals surface area contributed by atoms with Gasteiger partial charge in [0.15, 0.2) is 8.71 Å². The highest BCUT2D eigenvalue weighted by Crippen LogP contribution is 2.25. The molecule has 0 N–H and O–H groups in total. The summed E-state index contributed by atoms with van der Waals surface area (Å²) in [7, 11) is 0. The van der Waals surface area contributed by atoms with E-state index < -0.39 is 0 Å². The lowest BCUT2D eigenvalue weighted by Crippen LogP contribution is -1.77. The molecule has 0 aliphatic rings. The van der Waals surface area contributed by atoms with Crippen LogP contribution in [0, 0.1) is 14.3 Å². The first-order chi connectivity index (χ1) is 6.29. The molecule has 6 heteroatoms. The summed E-state index contributed by atoms with van der Waals surface area (Å²) >= 11 is 5.19. The highest BCUT2D eigenvalue weighted by Gasteiger charge is 2.07. The zero-order chi connectivity index (χ0) is 9.26. The van der Waals surface area contributed by atoms with Gasteiger partial charge in [-0.3, -0.25) is 0 Å². The van der Waals surface area contributed by atoms with Crippen LogP contribution in [0.4, 0.5) is 0 Å². The summed E-state index contributed by atoms with van der Waals surface area (Å²) in [6.07, 6.45) is 0. The number of nitriles is 1. The molecule has 13 heavy (non-hydrogen) atoms. The van der Waals surface area contributed by atoms with Crippen LogP contribution in [0.15, 0.2) is 10.8 Å². The summed E-state index contributed by atoms with van der Waals surface area (Å²) in [4.78, 5) is 8.38. The van der Waals surface area contributed by atoms with Crippen LogP contribution in [0.3, 0.4) is 0 Å². The van der Waals surface area contributed by atoms with Crippen LogP contribution < -0.4 is 0 Å². The zero-order valence-electron chi connectivity index (χ0n) is 6.19. The number of rotatable bonds is 1. The first-order valence-electron chi connectivity index (χ1n) is 3.26. The zero-order valence-corrected chi connectivity index (χ0v) is 9.98. The summed E-state index contributed by atoms with van der Waals surface area (Å²) in [5.74, 6) is 0. The average molecular weight is 319 g/mol. The molecule has 64 valence electrons. The van der Waals surface area contributed by atoms with Gasteiger partial charge >= 0.3 is 0 Å². The molecule has 0 unspecified atom stereocenters. The van der Waals surface area contributed by atoms with E-state index in [0.717, 1.165) is 13.7 Å². The summed E-state index contributed by atoms with van der Waals surface area (Å²) in [6, 6.07) is 2.00. The van der Waals surface area contributed by atoms with Crippen LogP contribution in [-0.2, 0) is 0 Å². The Morgan fingerprint density at radius 1 is 1.31 bits per heavy atom. The van der Waals surface area contributed by atoms with Crippen molar-refractivity contribution < 1.29 is 0 Å². The topological polar surface area (TPSA) is 49.6 Å². The minimum atomic E-state index is 0.461. The fourth-order valence-corrected chi connectivity index (χ4v) is 2.74. The first kappa shape index (κ1) is 9.05. The van der Waals surface area contributed by atoms with Crippen LogP contribution in [0.5, 0.6) is 0 Å². The molecule has 0 saturated carbocycles. The molecular weight excluding hydrogens is 317 g/mol. The van der Waals surface area contributed by atoms with Gasteiger partial charge in [-0.25, -0.2) is 9.97 Å². The molecule has 0 aliphatic carbocycles. The second kappa shape index (κ2) is 3.69. The SMILES string of the molecule is N#Cc1csc(-c2csc(I)n2)n1. The largest absolute Gasteiger partial charge is 0.228 e. The van der Waals surface area contributed by atoms with E-state index in [1.807, 2.05) is 11.4 Å². The first-order valence-corrected chi connectivity index (χ1v) is 6.10. The molecule has 0 amide bonds. The molecular formula is C7H2IN3S2. The molecule has 0 bridgehead atoms. The summed E-state index contributed by atoms with van der Waals surface area (Å²) in [6.45, 7) is 0. The normalized spacial score (nSPS) is 9.85. The van der Waals surface area contributed by atoms with Crippen molar-refractivity contribution in [3.63, 3.8) is 0 Å². The van der Waals surface area contributed by atoms with Crippen LogP contribution in [0.25, 0.3) is 10.7 Å². The maximum absolute atomic E-state index is 8.58. The summed E-state index contributed by atoms with van der Waals surface area (Å²) < 4.78 is 0.987. The van der Waals surface area contributed by atoms with Crippen molar-refractivity contribution in [2.75, 3.05) is 0 Å². The van der Waals surface area contributed by atoms with Crippen molar-refractivity contribution in [2.45, 2.75) is 0 Å². The van der Waals surface area contributed by atoms with E-state index in [1.54, 1.807) is 16.7 Å². The van der Waals surface area contributed by atoms with Gasteiger partial charge in [0.25, 0.3) is 0 Å². The van der Waals surface area contributed by atoms with Crippen LogP contribution >= 0.6 is 45.3 Å². The van der Waals surface area contributed by atoms with E-state index >= 15 is 0 Å². The maximum Gasteiger partial charge on any atom is 0.154 e. The fourth-order valence-electron chi connectivity index (χ4n) is 0.793. The van der Waals surface area contributed by atoms with Gasteiger partial charge in [0.1, 0.15) is 16.8 Å². The molecule has 0 spiro atoms. The van der Waals surface area contributed by atoms with Crippen LogP contribution in [-0.4, -0.2) is 9.97 Å². The molecule has 0 saturated heterocycles. The van der Waals surface area contributed by atoms with E-state index in [9.17, 15) is 0 Å². The highest BCUT2D eigenvalue weighted by atomic mass is 127. The standard InChI is InChI=1S/C7H2IN3S2/c8-7-11-5(3-13-7)6-10-4(1-9)2-12-6/h2-3H. The number of nitrogens with zero attached hydrogens (tertiary/aromatic N) is 3. The molecule has 2 aromatic rings. The second-order valence-electron chi connectivity index (χ2n) is 2.14. The minimum Gasteiger partial charge on any atom is -0.228 e. The minimum absolute atomic E-state index is 0.461. The smallest absolute Gasteiger partial charge is 0.154 e. The van der Waals surface area contributed by atoms with Crippen molar-refractivity contribution in [3.8, 4) is 16.8 Å². The van der Waals surface area contributed by atoms with Crippen molar-refractivity contribution in [1.82, 2.24) is 9.97 Å². The van der Waals surface area contributed by atoms with Gasteiger partial charge in [-0.15, -0.1) is 22.7 Å². The van der Waals surface area contributed by atoms with Gasteiger partial charge in [0, 0.05) is 10.8 Å². The molecule has 0 aliphatic heterocycles. The summed E-state index contributed by atoms with van der Waals surface area (Å²) in [5, 5.41) is 13.1. The van der Waals surface area contributed by atoms with Gasteiger partial charge in [-0.1, -0.05) is 0 Å². The lowest BCUT2D eigenvalue weighted by Gasteiger charge is -1.83. The molecule has 0 radical (unpaired) electrons. The molecule has 0 atom stereocenters. The van der Waals surface area contributed by atoms with E-state index in [4.69, 9.17) is 5.26 Å². The van der Waals surface area contributed by atoms with E-state index in [0.29, 0.717) is 5.69 Å². The van der Waals surface area contributed by atoms with Crippen molar-refractivity contribution in [1.29, 1.82) is 5.26 Å². The van der Waals surface area contributed by atoms with E-state index in [2.05, 4.69) is 32.6 Å². The molecule has 3 nitrogen and oxygen atoms in total. The number of aromatic nitrogens is 2. The van der Waals surface area contributed by atoms with Crippen LogP contribution in [0.2, 0.25) is 0 Å². The molecule has 2 aromatic heterocycles. The van der Waals surface area contributed by atoms with Crippen molar-refractivity contribution in [2.24, 2.45) is 0 Å². The Morgan fingerprint density at radius 2 is 2.15 bits per heavy atom. The Labute approximate surface area is 96.2 Å². The van der Waals surface area contributed by atoms with Crippen LogP contribution in [0.1, 0.15) is 5.69 Å². The highest BCUT2D eigenvalue weighted by molar-refractivity contribution is 14.1. The molecule has 2 heterocycles. The van der Waals surface area contributed by atoms with Gasteiger partial charge in [-0.2, -0.15) is 5.26 Å². The Kier molecular flexibility index (Phi) is 2.57. The lowest BCUT2D eigenvalue weighted by atomic mass is 10.5. The van der Waals surface area contributed by atoms with Gasteiger partial charge < -0.3 is 0 Å². The maximum atomic E-state index is 8.58. The number of hydrogen-bond donors (Lipinski definition) is 0. The lowest BCUT2D eigenvalue weighted by molar-refractivity contribution is 1.29. The van der Waals surface area contributed by atoms with Crippen molar-refractivity contribution in [3.05, 3.63) is 19.5 Å². The number of halogens is 1. The predicted octanol–water partition coefficient (Wildman–Crippen LogP) is 2.74. The number of hydrogen-bond acceptors (Lipinski definition) is 5. The average Bonchev–Trinajstić information content (AvgIpc) is 2.71. The fraction of sp³-hybridized carbons (Fsp3) is 0. The Balaban J connectivity index is 2.42. The quantitative estimate of drug-likeness (QED) is 0.760. The molecule has 0 fully saturated rings. The predicted molar refractivity (Wildman–Crippen MR) is 60.7 cm³/mol. The van der Waals surface area contributed by atoms with Gasteiger partial charge in [0.2, 0.25) is 0 Å². The van der Waals surface area contributed by atoms with E-state index in [-0.39, 0.29) is 0 Å². The molecule has 0 aromatic carbocycles. The van der Waals surface area contributed by atoms with E-state index in [1.165, 1.54) is 11.3 Å². The van der Waals surface area contributed by atoms with Crippen molar-refractivity contribution >= 4 is 45.3 Å². The Morgan fingerprint density at radius 3 is 2.69 bits per heavy atom. The third-order valence-corrected chi connectivity index (χ3v) is 3.81. The monoisotopic (exact) mass is 319 g/mol. The Bertz CT molecular complexity index is 468. The Hall–Kier alpha value is -0.520. The number of thiazole rings is 2.